The monoisotopic (exact) mass is 420 g/mol. The van der Waals surface area contributed by atoms with Crippen LogP contribution in [0.15, 0.2) is 24.3 Å². The number of carbonyl (C=O) groups is 3. The van der Waals surface area contributed by atoms with Gasteiger partial charge in [-0.15, -0.1) is 11.8 Å². The Bertz CT molecular complexity index is 739. The first-order valence-electron chi connectivity index (χ1n) is 9.88. The lowest BCUT2D eigenvalue weighted by molar-refractivity contribution is -0.128. The van der Waals surface area contributed by atoms with Gasteiger partial charge in [-0.25, -0.2) is 0 Å². The van der Waals surface area contributed by atoms with E-state index in [1.807, 2.05) is 29.2 Å². The number of hydrogen-bond acceptors (Lipinski definition) is 6. The van der Waals surface area contributed by atoms with Gasteiger partial charge >= 0.3 is 0 Å². The predicted octanol–water partition coefficient (Wildman–Crippen LogP) is 0.819. The molecule has 2 fully saturated rings. The fourth-order valence-corrected chi connectivity index (χ4v) is 4.45. The minimum Gasteiger partial charge on any atom is -0.497 e. The topological polar surface area (TPSA) is 99.8 Å². The fraction of sp³-hybridized carbons (Fsp3) is 0.550. The molecule has 1 aromatic carbocycles. The lowest BCUT2D eigenvalue weighted by atomic mass is 10.1. The Morgan fingerprint density at radius 1 is 1.31 bits per heavy atom. The molecule has 0 aliphatic carbocycles. The second kappa shape index (κ2) is 10.5. The summed E-state index contributed by atoms with van der Waals surface area (Å²) in [6.45, 7) is 2.04. The molecule has 0 radical (unpaired) electrons. The highest BCUT2D eigenvalue weighted by molar-refractivity contribution is 8.00. The molecule has 2 unspecified atom stereocenters. The van der Waals surface area contributed by atoms with Crippen molar-refractivity contribution in [1.29, 1.82) is 0 Å². The minimum atomic E-state index is -0.362. The molecular weight excluding hydrogens is 392 g/mol. The SMILES string of the molecule is COc1cccc(CNC(=O)CC2CC(=O)NC(SCC(=O)N3CCCC3)N2)c1. The first kappa shape index (κ1) is 21.4. The van der Waals surface area contributed by atoms with Crippen LogP contribution in [-0.4, -0.2) is 60.1 Å². The molecule has 29 heavy (non-hydrogen) atoms. The predicted molar refractivity (Wildman–Crippen MR) is 111 cm³/mol. The molecular formula is C20H28N4O4S. The zero-order chi connectivity index (χ0) is 20.6. The van der Waals surface area contributed by atoms with Gasteiger partial charge in [-0.2, -0.15) is 0 Å². The highest BCUT2D eigenvalue weighted by atomic mass is 32.2. The van der Waals surface area contributed by atoms with Gasteiger partial charge < -0.3 is 20.3 Å². The molecule has 0 spiro atoms. The Hall–Kier alpha value is -2.26. The van der Waals surface area contributed by atoms with E-state index in [0.29, 0.717) is 12.3 Å². The van der Waals surface area contributed by atoms with Crippen LogP contribution in [0.5, 0.6) is 5.75 Å². The number of rotatable bonds is 8. The molecule has 3 rings (SSSR count). The molecule has 0 saturated carbocycles. The van der Waals surface area contributed by atoms with E-state index in [9.17, 15) is 14.4 Å². The largest absolute Gasteiger partial charge is 0.497 e. The number of hydrogen-bond donors (Lipinski definition) is 3. The number of nitrogens with one attached hydrogen (secondary N) is 3. The van der Waals surface area contributed by atoms with Crippen LogP contribution >= 0.6 is 11.8 Å². The lowest BCUT2D eigenvalue weighted by Crippen LogP contribution is -2.56. The van der Waals surface area contributed by atoms with Gasteiger partial charge in [0.15, 0.2) is 0 Å². The number of likely N-dealkylation sites (tertiary alicyclic amines) is 1. The third kappa shape index (κ3) is 6.64. The summed E-state index contributed by atoms with van der Waals surface area (Å²) in [5.41, 5.74) is 0.583. The lowest BCUT2D eigenvalue weighted by Gasteiger charge is -2.31. The Morgan fingerprint density at radius 3 is 2.86 bits per heavy atom. The molecule has 3 amide bonds. The van der Waals surface area contributed by atoms with Crippen molar-refractivity contribution in [2.75, 3.05) is 26.0 Å². The van der Waals surface area contributed by atoms with Gasteiger partial charge in [0.05, 0.1) is 12.9 Å². The van der Waals surface area contributed by atoms with Crippen molar-refractivity contribution in [3.63, 3.8) is 0 Å². The quantitative estimate of drug-likeness (QED) is 0.576. The highest BCUT2D eigenvalue weighted by Crippen LogP contribution is 2.17. The Morgan fingerprint density at radius 2 is 2.10 bits per heavy atom. The summed E-state index contributed by atoms with van der Waals surface area (Å²) in [6, 6.07) is 7.25. The molecule has 8 nitrogen and oxygen atoms in total. The number of benzene rings is 1. The maximum absolute atomic E-state index is 12.3. The zero-order valence-electron chi connectivity index (χ0n) is 16.6. The van der Waals surface area contributed by atoms with Crippen LogP contribution in [0.25, 0.3) is 0 Å². The molecule has 2 heterocycles. The Balaban J connectivity index is 1.42. The summed E-state index contributed by atoms with van der Waals surface area (Å²) in [5, 5.41) is 8.97. The zero-order valence-corrected chi connectivity index (χ0v) is 17.4. The van der Waals surface area contributed by atoms with Crippen LogP contribution in [0.1, 0.15) is 31.2 Å². The second-order valence-electron chi connectivity index (χ2n) is 7.25. The van der Waals surface area contributed by atoms with Crippen molar-refractivity contribution in [3.05, 3.63) is 29.8 Å². The van der Waals surface area contributed by atoms with E-state index in [1.54, 1.807) is 7.11 Å². The van der Waals surface area contributed by atoms with Crippen LogP contribution in [0.2, 0.25) is 0 Å². The van der Waals surface area contributed by atoms with Crippen molar-refractivity contribution in [3.8, 4) is 5.75 Å². The summed E-state index contributed by atoms with van der Waals surface area (Å²) < 4.78 is 5.18. The van der Waals surface area contributed by atoms with Crippen molar-refractivity contribution in [2.24, 2.45) is 0 Å². The van der Waals surface area contributed by atoms with Gasteiger partial charge in [-0.3, -0.25) is 19.7 Å². The minimum absolute atomic E-state index is 0.0988. The number of nitrogens with zero attached hydrogens (tertiary/aromatic N) is 1. The van der Waals surface area contributed by atoms with Crippen LogP contribution in [0.4, 0.5) is 0 Å². The van der Waals surface area contributed by atoms with E-state index < -0.39 is 0 Å². The molecule has 1 aromatic rings. The number of carbonyl (C=O) groups excluding carboxylic acids is 3. The average molecular weight is 421 g/mol. The summed E-state index contributed by atoms with van der Waals surface area (Å²) in [4.78, 5) is 38.4. The molecule has 158 valence electrons. The van der Waals surface area contributed by atoms with Crippen LogP contribution < -0.4 is 20.7 Å². The molecule has 2 saturated heterocycles. The number of ether oxygens (including phenoxy) is 1. The van der Waals surface area contributed by atoms with Crippen molar-refractivity contribution < 1.29 is 19.1 Å². The highest BCUT2D eigenvalue weighted by Gasteiger charge is 2.28. The Labute approximate surface area is 175 Å². The van der Waals surface area contributed by atoms with Gasteiger partial charge in [-0.05, 0) is 30.5 Å². The molecule has 3 N–H and O–H groups in total. The van der Waals surface area contributed by atoms with E-state index in [-0.39, 0.29) is 42.1 Å². The first-order valence-corrected chi connectivity index (χ1v) is 10.9. The Kier molecular flexibility index (Phi) is 7.76. The summed E-state index contributed by atoms with van der Waals surface area (Å²) in [5.74, 6) is 0.914. The van der Waals surface area contributed by atoms with E-state index in [2.05, 4.69) is 16.0 Å². The van der Waals surface area contributed by atoms with Gasteiger partial charge in [0.1, 0.15) is 11.2 Å². The average Bonchev–Trinajstić information content (AvgIpc) is 3.25. The number of thioether (sulfide) groups is 1. The van der Waals surface area contributed by atoms with Crippen molar-refractivity contribution in [1.82, 2.24) is 20.9 Å². The summed E-state index contributed by atoms with van der Waals surface area (Å²) in [6.07, 6.45) is 2.56. The smallest absolute Gasteiger partial charge is 0.232 e. The molecule has 2 aliphatic rings. The standard InChI is InChI=1S/C20H28N4O4S/c1-28-16-6-4-5-14(9-16)12-21-17(25)10-15-11-18(26)23-20(22-15)29-13-19(27)24-7-2-3-8-24/h4-6,9,15,20,22H,2-3,7-8,10-13H2,1H3,(H,21,25)(H,23,26). The normalized spacial score (nSPS) is 21.6. The molecule has 2 atom stereocenters. The molecule has 0 aromatic heterocycles. The molecule has 2 aliphatic heterocycles. The van der Waals surface area contributed by atoms with Gasteiger partial charge in [0.2, 0.25) is 17.7 Å². The van der Waals surface area contributed by atoms with Gasteiger partial charge in [-0.1, -0.05) is 12.1 Å². The van der Waals surface area contributed by atoms with Crippen LogP contribution in [-0.2, 0) is 20.9 Å². The summed E-state index contributed by atoms with van der Waals surface area (Å²) >= 11 is 1.36. The van der Waals surface area contributed by atoms with Crippen LogP contribution in [0, 0.1) is 0 Å². The van der Waals surface area contributed by atoms with Gasteiger partial charge in [0, 0.05) is 38.5 Å². The van der Waals surface area contributed by atoms with Crippen molar-refractivity contribution in [2.45, 2.75) is 43.8 Å². The van der Waals surface area contributed by atoms with Crippen LogP contribution in [0.3, 0.4) is 0 Å². The van der Waals surface area contributed by atoms with E-state index in [4.69, 9.17) is 4.74 Å². The molecule has 9 heteroatoms. The van der Waals surface area contributed by atoms with Crippen molar-refractivity contribution >= 4 is 29.5 Å². The van der Waals surface area contributed by atoms with E-state index >= 15 is 0 Å². The molecule has 0 bridgehead atoms. The van der Waals surface area contributed by atoms with E-state index in [0.717, 1.165) is 37.2 Å². The van der Waals surface area contributed by atoms with E-state index in [1.165, 1.54) is 11.8 Å². The fourth-order valence-electron chi connectivity index (χ4n) is 3.46. The maximum atomic E-state index is 12.3. The number of amides is 3. The third-order valence-corrected chi connectivity index (χ3v) is 6.00. The number of methoxy groups -OCH3 is 1. The van der Waals surface area contributed by atoms with Gasteiger partial charge in [0.25, 0.3) is 0 Å². The third-order valence-electron chi connectivity index (χ3n) is 5.00. The first-order chi connectivity index (χ1) is 14.0. The second-order valence-corrected chi connectivity index (χ2v) is 8.34. The summed E-state index contributed by atoms with van der Waals surface area (Å²) in [7, 11) is 1.60. The maximum Gasteiger partial charge on any atom is 0.232 e.